The van der Waals surface area contributed by atoms with Gasteiger partial charge in [-0.1, -0.05) is 78.8 Å². The quantitative estimate of drug-likeness (QED) is 0.540. The summed E-state index contributed by atoms with van der Waals surface area (Å²) in [6.45, 7) is 2.13. The third-order valence-corrected chi connectivity index (χ3v) is 4.73. The Morgan fingerprint density at radius 3 is 2.50 bits per heavy atom. The van der Waals surface area contributed by atoms with Gasteiger partial charge in [0.25, 0.3) is 0 Å². The van der Waals surface area contributed by atoms with Gasteiger partial charge in [0, 0.05) is 0 Å². The largest absolute Gasteiger partial charge is 0.407 e. The maximum absolute atomic E-state index is 12.4. The molecule has 0 atom stereocenters. The van der Waals surface area contributed by atoms with E-state index in [1.165, 1.54) is 5.56 Å². The summed E-state index contributed by atoms with van der Waals surface area (Å²) in [5, 5.41) is 12.9. The number of carbonyl (C=O) groups excluding carboxylic acids is 1. The van der Waals surface area contributed by atoms with Crippen molar-refractivity contribution >= 4 is 22.7 Å². The fourth-order valence-corrected chi connectivity index (χ4v) is 3.23. The van der Waals surface area contributed by atoms with Gasteiger partial charge < -0.3 is 4.42 Å². The molecule has 5 nitrogen and oxygen atoms in total. The first-order valence-electron chi connectivity index (χ1n) is 9.38. The van der Waals surface area contributed by atoms with Crippen LogP contribution in [0.25, 0.3) is 10.8 Å². The Kier molecular flexibility index (Phi) is 5.15. The summed E-state index contributed by atoms with van der Waals surface area (Å²) in [5.41, 5.74) is 3.34. The van der Waals surface area contributed by atoms with E-state index in [9.17, 15) is 4.79 Å². The second-order valence-electron chi connectivity index (χ2n) is 6.71. The molecule has 3 aromatic carbocycles. The van der Waals surface area contributed by atoms with Crippen molar-refractivity contribution in [2.24, 2.45) is 0 Å². The Balaban J connectivity index is 1.41. The van der Waals surface area contributed by atoms with E-state index in [1.807, 2.05) is 42.5 Å². The highest BCUT2D eigenvalue weighted by atomic mass is 16.4. The molecule has 0 radical (unpaired) electrons. The van der Waals surface area contributed by atoms with Gasteiger partial charge in [0.15, 0.2) is 0 Å². The van der Waals surface area contributed by atoms with Gasteiger partial charge in [0.2, 0.25) is 11.8 Å². The van der Waals surface area contributed by atoms with Gasteiger partial charge in [-0.25, -0.2) is 0 Å². The zero-order chi connectivity index (χ0) is 19.3. The predicted octanol–water partition coefficient (Wildman–Crippen LogP) is 4.56. The first-order valence-corrected chi connectivity index (χ1v) is 9.38. The number of nitrogens with one attached hydrogen (secondary N) is 1. The van der Waals surface area contributed by atoms with E-state index in [2.05, 4.69) is 46.7 Å². The minimum absolute atomic E-state index is 0.130. The smallest absolute Gasteiger partial charge is 0.322 e. The second kappa shape index (κ2) is 8.05. The summed E-state index contributed by atoms with van der Waals surface area (Å²) >= 11 is 0. The summed E-state index contributed by atoms with van der Waals surface area (Å²) < 4.78 is 5.59. The van der Waals surface area contributed by atoms with Crippen molar-refractivity contribution < 1.29 is 9.21 Å². The molecule has 28 heavy (non-hydrogen) atoms. The minimum Gasteiger partial charge on any atom is -0.407 e. The summed E-state index contributed by atoms with van der Waals surface area (Å²) in [7, 11) is 0. The number of aryl methyl sites for hydroxylation is 1. The lowest BCUT2D eigenvalue weighted by Gasteiger charge is -2.05. The number of rotatable bonds is 6. The van der Waals surface area contributed by atoms with Gasteiger partial charge in [0.1, 0.15) is 0 Å². The highest BCUT2D eigenvalue weighted by Crippen LogP contribution is 2.19. The molecule has 1 amide bonds. The second-order valence-corrected chi connectivity index (χ2v) is 6.71. The first-order chi connectivity index (χ1) is 13.7. The highest BCUT2D eigenvalue weighted by molar-refractivity contribution is 5.95. The van der Waals surface area contributed by atoms with Crippen LogP contribution in [0, 0.1) is 0 Å². The van der Waals surface area contributed by atoms with Crippen LogP contribution in [0.3, 0.4) is 0 Å². The number of nitrogens with zero attached hydrogens (tertiary/aromatic N) is 2. The molecule has 0 bridgehead atoms. The Morgan fingerprint density at radius 1 is 0.929 bits per heavy atom. The van der Waals surface area contributed by atoms with Crippen LogP contribution in [0.15, 0.2) is 71.1 Å². The topological polar surface area (TPSA) is 68.0 Å². The molecule has 0 aliphatic heterocycles. The Labute approximate surface area is 163 Å². The molecule has 0 aliphatic rings. The van der Waals surface area contributed by atoms with Crippen molar-refractivity contribution in [3.8, 4) is 0 Å². The van der Waals surface area contributed by atoms with E-state index in [0.29, 0.717) is 12.3 Å². The van der Waals surface area contributed by atoms with Crippen molar-refractivity contribution in [1.82, 2.24) is 10.2 Å². The summed E-state index contributed by atoms with van der Waals surface area (Å²) in [4.78, 5) is 12.4. The molecule has 1 N–H and O–H groups in total. The molecule has 1 aromatic heterocycles. The van der Waals surface area contributed by atoms with Crippen LogP contribution in [0.2, 0.25) is 0 Å². The molecule has 4 aromatic rings. The number of benzene rings is 3. The predicted molar refractivity (Wildman–Crippen MR) is 109 cm³/mol. The molecule has 5 heteroatoms. The number of anilines is 1. The number of hydrogen-bond donors (Lipinski definition) is 1. The van der Waals surface area contributed by atoms with Gasteiger partial charge in [0.05, 0.1) is 12.8 Å². The summed E-state index contributed by atoms with van der Waals surface area (Å²) in [6, 6.07) is 22.4. The third-order valence-electron chi connectivity index (χ3n) is 4.73. The van der Waals surface area contributed by atoms with Crippen molar-refractivity contribution in [2.75, 3.05) is 5.32 Å². The first kappa shape index (κ1) is 17.9. The molecule has 4 rings (SSSR count). The Morgan fingerprint density at radius 2 is 1.68 bits per heavy atom. The summed E-state index contributed by atoms with van der Waals surface area (Å²) in [6.07, 6.45) is 1.79. The molecule has 0 unspecified atom stereocenters. The number of hydrogen-bond acceptors (Lipinski definition) is 4. The van der Waals surface area contributed by atoms with E-state index < -0.39 is 0 Å². The van der Waals surface area contributed by atoms with Crippen LogP contribution in [-0.2, 0) is 24.1 Å². The van der Waals surface area contributed by atoms with Crippen LogP contribution in [0.1, 0.15) is 29.5 Å². The zero-order valence-electron chi connectivity index (χ0n) is 15.7. The van der Waals surface area contributed by atoms with Crippen LogP contribution >= 0.6 is 0 Å². The Bertz CT molecular complexity index is 1100. The maximum atomic E-state index is 12.4. The Hall–Kier alpha value is -3.47. The van der Waals surface area contributed by atoms with Crippen molar-refractivity contribution in [1.29, 1.82) is 0 Å². The third kappa shape index (κ3) is 4.09. The lowest BCUT2D eigenvalue weighted by Crippen LogP contribution is -2.14. The number of amides is 1. The van der Waals surface area contributed by atoms with Gasteiger partial charge in [-0.2, -0.15) is 0 Å². The zero-order valence-corrected chi connectivity index (χ0v) is 15.7. The lowest BCUT2D eigenvalue weighted by atomic mass is 10.0. The van der Waals surface area contributed by atoms with Crippen molar-refractivity contribution in [2.45, 2.75) is 26.2 Å². The monoisotopic (exact) mass is 371 g/mol. The van der Waals surface area contributed by atoms with E-state index in [0.717, 1.165) is 28.3 Å². The van der Waals surface area contributed by atoms with E-state index in [1.54, 1.807) is 0 Å². The molecular weight excluding hydrogens is 350 g/mol. The van der Waals surface area contributed by atoms with Gasteiger partial charge in [-0.05, 0) is 33.9 Å². The average molecular weight is 371 g/mol. The molecule has 1 heterocycles. The number of carbonyl (C=O) groups is 1. The number of aromatic nitrogens is 2. The van der Waals surface area contributed by atoms with Crippen molar-refractivity contribution in [3.63, 3.8) is 0 Å². The SMILES string of the molecule is CCc1ccc(Cc2nnc(NC(=O)Cc3cccc4ccccc34)o2)cc1. The highest BCUT2D eigenvalue weighted by Gasteiger charge is 2.12. The summed E-state index contributed by atoms with van der Waals surface area (Å²) in [5.74, 6) is 0.295. The molecule has 0 aliphatic carbocycles. The maximum Gasteiger partial charge on any atom is 0.322 e. The van der Waals surface area contributed by atoms with Gasteiger partial charge in [-0.15, -0.1) is 5.10 Å². The molecule has 140 valence electrons. The van der Waals surface area contributed by atoms with E-state index in [-0.39, 0.29) is 18.3 Å². The molecule has 0 saturated carbocycles. The standard InChI is InChI=1S/C23H21N3O2/c1-2-16-10-12-17(13-11-16)14-22-25-26-23(28-22)24-21(27)15-19-8-5-7-18-6-3-4-9-20(18)19/h3-13H,2,14-15H2,1H3,(H,24,26,27). The average Bonchev–Trinajstić information content (AvgIpc) is 3.15. The van der Waals surface area contributed by atoms with Crippen molar-refractivity contribution in [3.05, 3.63) is 89.3 Å². The lowest BCUT2D eigenvalue weighted by molar-refractivity contribution is -0.115. The normalized spacial score (nSPS) is 10.9. The van der Waals surface area contributed by atoms with Crippen LogP contribution in [0.4, 0.5) is 6.01 Å². The van der Waals surface area contributed by atoms with Crippen LogP contribution in [-0.4, -0.2) is 16.1 Å². The molecule has 0 spiro atoms. The van der Waals surface area contributed by atoms with E-state index >= 15 is 0 Å². The molecule has 0 fully saturated rings. The van der Waals surface area contributed by atoms with Crippen LogP contribution in [0.5, 0.6) is 0 Å². The minimum atomic E-state index is -0.182. The molecular formula is C23H21N3O2. The van der Waals surface area contributed by atoms with E-state index in [4.69, 9.17) is 4.42 Å². The molecule has 0 saturated heterocycles. The number of fused-ring (bicyclic) bond motifs is 1. The van der Waals surface area contributed by atoms with Gasteiger partial charge >= 0.3 is 6.01 Å². The fourth-order valence-electron chi connectivity index (χ4n) is 3.23. The fraction of sp³-hybridized carbons (Fsp3) is 0.174. The van der Waals surface area contributed by atoms with Gasteiger partial charge in [-0.3, -0.25) is 10.1 Å². The van der Waals surface area contributed by atoms with Crippen LogP contribution < -0.4 is 5.32 Å².